The molecule has 0 radical (unpaired) electrons. The molecule has 0 fully saturated rings. The Kier molecular flexibility index (Phi) is 4.74. The lowest BCUT2D eigenvalue weighted by Gasteiger charge is -2.12. The van der Waals surface area contributed by atoms with Crippen molar-refractivity contribution in [1.29, 1.82) is 0 Å². The van der Waals surface area contributed by atoms with Crippen molar-refractivity contribution >= 4 is 23.7 Å². The minimum atomic E-state index is -4.18. The van der Waals surface area contributed by atoms with Gasteiger partial charge in [-0.2, -0.15) is 24.5 Å². The molecule has 0 aliphatic heterocycles. The van der Waals surface area contributed by atoms with E-state index in [2.05, 4.69) is 0 Å². The second-order valence-electron chi connectivity index (χ2n) is 2.48. The molecule has 0 saturated carbocycles. The van der Waals surface area contributed by atoms with Crippen LogP contribution in [0.2, 0.25) is 0 Å². The lowest BCUT2D eigenvalue weighted by Crippen LogP contribution is -2.19. The summed E-state index contributed by atoms with van der Waals surface area (Å²) in [7, 11) is 0. The van der Waals surface area contributed by atoms with E-state index < -0.39 is 18.6 Å². The summed E-state index contributed by atoms with van der Waals surface area (Å²) in [5.41, 5.74) is 5.87. The third-order valence-electron chi connectivity index (χ3n) is 1.42. The molecule has 6 heteroatoms. The van der Waals surface area contributed by atoms with Crippen molar-refractivity contribution in [3.63, 3.8) is 0 Å². The molecule has 0 aromatic carbocycles. The van der Waals surface area contributed by atoms with Crippen LogP contribution in [0.5, 0.6) is 0 Å². The molecule has 0 aliphatic carbocycles. The summed E-state index contributed by atoms with van der Waals surface area (Å²) in [5.74, 6) is 0. The van der Waals surface area contributed by atoms with Crippen LogP contribution < -0.4 is 5.73 Å². The quantitative estimate of drug-likeness (QED) is 0.832. The van der Waals surface area contributed by atoms with Gasteiger partial charge in [-0.25, -0.2) is 0 Å². The predicted molar refractivity (Wildman–Crippen MR) is 49.2 cm³/mol. The molecular weight excluding hydrogens is 223 g/mol. The Labute approximate surface area is 84.2 Å². The average molecular weight is 232 g/mol. The van der Waals surface area contributed by atoms with Crippen LogP contribution >= 0.6 is 23.7 Å². The maximum absolute atomic E-state index is 11.8. The first kappa shape index (κ1) is 12.7. The highest BCUT2D eigenvalue weighted by Gasteiger charge is 2.30. The molecule has 0 unspecified atom stereocenters. The first-order valence-corrected chi connectivity index (χ1v) is 4.28. The maximum Gasteiger partial charge on any atom is 0.390 e. The molecule has 0 amide bonds. The number of hydrogen-bond donors (Lipinski definition) is 1. The highest BCUT2D eigenvalue weighted by molar-refractivity contribution is 7.07. The van der Waals surface area contributed by atoms with Crippen molar-refractivity contribution in [2.24, 2.45) is 5.73 Å². The van der Waals surface area contributed by atoms with Gasteiger partial charge in [-0.1, -0.05) is 0 Å². The fourth-order valence-electron chi connectivity index (χ4n) is 0.853. The standard InChI is InChI=1S/C7H8F3NS.ClH/c8-7(9,10)3-6(11)5-1-2-12-4-5;/h1-2,4,6H,3,11H2;1H/t6-;/m0./s1. The third kappa shape index (κ3) is 4.50. The molecule has 0 aliphatic rings. The zero-order valence-corrected chi connectivity index (χ0v) is 8.18. The van der Waals surface area contributed by atoms with E-state index in [0.717, 1.165) is 0 Å². The highest BCUT2D eigenvalue weighted by atomic mass is 35.5. The Bertz CT molecular complexity index is 234. The van der Waals surface area contributed by atoms with Gasteiger partial charge in [0.15, 0.2) is 0 Å². The van der Waals surface area contributed by atoms with Gasteiger partial charge in [-0.05, 0) is 22.4 Å². The molecular formula is C7H9ClF3NS. The van der Waals surface area contributed by atoms with Crippen molar-refractivity contribution in [3.8, 4) is 0 Å². The van der Waals surface area contributed by atoms with E-state index in [9.17, 15) is 13.2 Å². The first-order valence-electron chi connectivity index (χ1n) is 3.33. The molecule has 13 heavy (non-hydrogen) atoms. The molecule has 1 aromatic rings. The molecule has 1 rings (SSSR count). The largest absolute Gasteiger partial charge is 0.390 e. The molecule has 1 aromatic heterocycles. The van der Waals surface area contributed by atoms with Gasteiger partial charge in [-0.3, -0.25) is 0 Å². The summed E-state index contributed by atoms with van der Waals surface area (Å²) in [5, 5.41) is 3.35. The molecule has 1 atom stereocenters. The van der Waals surface area contributed by atoms with Crippen LogP contribution in [0.3, 0.4) is 0 Å². The molecule has 0 saturated heterocycles. The summed E-state index contributed by atoms with van der Waals surface area (Å²) in [6.07, 6.45) is -5.13. The molecule has 0 bridgehead atoms. The van der Waals surface area contributed by atoms with E-state index >= 15 is 0 Å². The van der Waals surface area contributed by atoms with Gasteiger partial charge in [0.2, 0.25) is 0 Å². The SMILES string of the molecule is Cl.N[C@@H](CC(F)(F)F)c1ccsc1. The van der Waals surface area contributed by atoms with Gasteiger partial charge < -0.3 is 5.73 Å². The topological polar surface area (TPSA) is 26.0 Å². The smallest absolute Gasteiger partial charge is 0.324 e. The van der Waals surface area contributed by atoms with E-state index in [1.54, 1.807) is 16.8 Å². The maximum atomic E-state index is 11.8. The van der Waals surface area contributed by atoms with Crippen molar-refractivity contribution in [1.82, 2.24) is 0 Å². The van der Waals surface area contributed by atoms with Gasteiger partial charge in [0.25, 0.3) is 0 Å². The minimum Gasteiger partial charge on any atom is -0.324 e. The minimum absolute atomic E-state index is 0. The Morgan fingerprint density at radius 1 is 1.46 bits per heavy atom. The van der Waals surface area contributed by atoms with Crippen LogP contribution in [0.1, 0.15) is 18.0 Å². The summed E-state index contributed by atoms with van der Waals surface area (Å²) < 4.78 is 35.5. The molecule has 0 spiro atoms. The number of nitrogens with two attached hydrogens (primary N) is 1. The monoisotopic (exact) mass is 231 g/mol. The van der Waals surface area contributed by atoms with Gasteiger partial charge in [0, 0.05) is 6.04 Å². The Morgan fingerprint density at radius 3 is 2.46 bits per heavy atom. The van der Waals surface area contributed by atoms with Crippen molar-refractivity contribution in [2.45, 2.75) is 18.6 Å². The van der Waals surface area contributed by atoms with Crippen molar-refractivity contribution in [2.75, 3.05) is 0 Å². The lowest BCUT2D eigenvalue weighted by atomic mass is 10.1. The zero-order chi connectivity index (χ0) is 9.19. The lowest BCUT2D eigenvalue weighted by molar-refractivity contribution is -0.138. The van der Waals surface area contributed by atoms with Crippen LogP contribution in [0.25, 0.3) is 0 Å². The second-order valence-corrected chi connectivity index (χ2v) is 3.26. The Morgan fingerprint density at radius 2 is 2.08 bits per heavy atom. The Balaban J connectivity index is 0.00000144. The van der Waals surface area contributed by atoms with Gasteiger partial charge in [0.1, 0.15) is 0 Å². The average Bonchev–Trinajstić information content (AvgIpc) is 2.32. The number of rotatable bonds is 2. The fraction of sp³-hybridized carbons (Fsp3) is 0.429. The van der Waals surface area contributed by atoms with Crippen LogP contribution in [0.4, 0.5) is 13.2 Å². The highest BCUT2D eigenvalue weighted by Crippen LogP contribution is 2.28. The van der Waals surface area contributed by atoms with Crippen LogP contribution in [-0.2, 0) is 0 Å². The zero-order valence-electron chi connectivity index (χ0n) is 6.54. The third-order valence-corrected chi connectivity index (χ3v) is 2.12. The number of halogens is 4. The van der Waals surface area contributed by atoms with E-state index in [4.69, 9.17) is 5.73 Å². The van der Waals surface area contributed by atoms with Gasteiger partial charge in [-0.15, -0.1) is 12.4 Å². The number of hydrogen-bond acceptors (Lipinski definition) is 2. The van der Waals surface area contributed by atoms with E-state index in [1.165, 1.54) is 11.3 Å². The van der Waals surface area contributed by atoms with E-state index in [-0.39, 0.29) is 12.4 Å². The van der Waals surface area contributed by atoms with E-state index in [0.29, 0.717) is 5.56 Å². The van der Waals surface area contributed by atoms with Crippen molar-refractivity contribution in [3.05, 3.63) is 22.4 Å². The van der Waals surface area contributed by atoms with Gasteiger partial charge >= 0.3 is 6.18 Å². The molecule has 1 nitrogen and oxygen atoms in total. The summed E-state index contributed by atoms with van der Waals surface area (Å²) in [6, 6.07) is 0.692. The summed E-state index contributed by atoms with van der Waals surface area (Å²) >= 11 is 1.35. The molecule has 1 heterocycles. The van der Waals surface area contributed by atoms with Gasteiger partial charge in [0.05, 0.1) is 6.42 Å². The fourth-order valence-corrected chi connectivity index (χ4v) is 1.58. The number of alkyl halides is 3. The molecule has 2 N–H and O–H groups in total. The summed E-state index contributed by atoms with van der Waals surface area (Å²) in [4.78, 5) is 0. The molecule has 76 valence electrons. The number of thiophene rings is 1. The van der Waals surface area contributed by atoms with Crippen molar-refractivity contribution < 1.29 is 13.2 Å². The normalized spacial score (nSPS) is 13.5. The second kappa shape index (κ2) is 4.83. The summed E-state index contributed by atoms with van der Waals surface area (Å²) in [6.45, 7) is 0. The first-order chi connectivity index (χ1) is 5.49. The Hall–Kier alpha value is -0.260. The van der Waals surface area contributed by atoms with Crippen LogP contribution in [0, 0.1) is 0 Å². The van der Waals surface area contributed by atoms with Crippen LogP contribution in [-0.4, -0.2) is 6.18 Å². The van der Waals surface area contributed by atoms with E-state index in [1.807, 2.05) is 0 Å². The van der Waals surface area contributed by atoms with Crippen LogP contribution in [0.15, 0.2) is 16.8 Å². The predicted octanol–water partition coefficient (Wildman–Crippen LogP) is 3.12.